The molecule has 0 spiro atoms. The summed E-state index contributed by atoms with van der Waals surface area (Å²) >= 11 is 18.1. The summed E-state index contributed by atoms with van der Waals surface area (Å²) in [4.78, 5) is 13.0. The van der Waals surface area contributed by atoms with Crippen molar-refractivity contribution < 1.29 is 22.7 Å². The lowest BCUT2D eigenvalue weighted by Gasteiger charge is -2.24. The second-order valence-corrected chi connectivity index (χ2v) is 11.1. The molecule has 0 bridgehead atoms. The van der Waals surface area contributed by atoms with Gasteiger partial charge in [-0.3, -0.25) is 4.79 Å². The van der Waals surface area contributed by atoms with Crippen molar-refractivity contribution in [2.45, 2.75) is 24.4 Å². The van der Waals surface area contributed by atoms with E-state index >= 15 is 0 Å². The molecule has 0 aromatic heterocycles. The molecule has 3 aromatic rings. The van der Waals surface area contributed by atoms with E-state index in [1.807, 2.05) is 0 Å². The van der Waals surface area contributed by atoms with Gasteiger partial charge < -0.3 is 14.8 Å². The van der Waals surface area contributed by atoms with Crippen LogP contribution in [0.15, 0.2) is 65.6 Å². The second kappa shape index (κ2) is 12.2. The molecule has 11 heteroatoms. The van der Waals surface area contributed by atoms with Gasteiger partial charge >= 0.3 is 0 Å². The standard InChI is InChI=1S/C25H25Cl3N2O5S/c1-16(18-5-11-23(34-2)24(13-18)35-3)29-25(31)15-30(14-17-4-10-21(27)22(28)12-17)36(32,33)20-8-6-19(26)7-9-20/h4-13,16H,14-15H2,1-3H3,(H,29,31)/t16-/m1/s1. The second-order valence-electron chi connectivity index (χ2n) is 7.88. The van der Waals surface area contributed by atoms with Crippen LogP contribution in [-0.2, 0) is 21.4 Å². The maximum atomic E-state index is 13.5. The van der Waals surface area contributed by atoms with Crippen molar-refractivity contribution in [3.8, 4) is 11.5 Å². The molecule has 1 atom stereocenters. The first-order valence-electron chi connectivity index (χ1n) is 10.8. The van der Waals surface area contributed by atoms with Crippen molar-refractivity contribution in [2.24, 2.45) is 0 Å². The van der Waals surface area contributed by atoms with Gasteiger partial charge in [-0.05, 0) is 66.6 Å². The van der Waals surface area contributed by atoms with Gasteiger partial charge in [0, 0.05) is 11.6 Å². The Balaban J connectivity index is 1.85. The highest BCUT2D eigenvalue weighted by Crippen LogP contribution is 2.30. The first kappa shape index (κ1) is 28.1. The van der Waals surface area contributed by atoms with E-state index < -0.39 is 28.5 Å². The molecular formula is C25H25Cl3N2O5S. The van der Waals surface area contributed by atoms with Crippen LogP contribution in [0.2, 0.25) is 15.1 Å². The first-order chi connectivity index (χ1) is 17.0. The van der Waals surface area contributed by atoms with Gasteiger partial charge in [0.05, 0.1) is 41.7 Å². The average Bonchev–Trinajstić information content (AvgIpc) is 2.85. The maximum absolute atomic E-state index is 13.5. The third-order valence-corrected chi connectivity index (χ3v) is 8.20. The smallest absolute Gasteiger partial charge is 0.243 e. The van der Waals surface area contributed by atoms with E-state index in [1.165, 1.54) is 38.5 Å². The van der Waals surface area contributed by atoms with Crippen LogP contribution in [0.25, 0.3) is 0 Å². The number of halogens is 3. The molecule has 1 amide bonds. The maximum Gasteiger partial charge on any atom is 0.243 e. The van der Waals surface area contributed by atoms with Crippen LogP contribution in [0, 0.1) is 0 Å². The van der Waals surface area contributed by atoms with E-state index in [0.717, 1.165) is 9.87 Å². The average molecular weight is 572 g/mol. The SMILES string of the molecule is COc1ccc([C@@H](C)NC(=O)CN(Cc2ccc(Cl)c(Cl)c2)S(=O)(=O)c2ccc(Cl)cc2)cc1OC. The molecule has 0 aliphatic rings. The monoisotopic (exact) mass is 570 g/mol. The highest BCUT2D eigenvalue weighted by Gasteiger charge is 2.28. The number of sulfonamides is 1. The number of methoxy groups -OCH3 is 2. The summed E-state index contributed by atoms with van der Waals surface area (Å²) in [7, 11) is -0.998. The van der Waals surface area contributed by atoms with E-state index in [4.69, 9.17) is 44.3 Å². The van der Waals surface area contributed by atoms with E-state index in [1.54, 1.807) is 43.3 Å². The normalized spacial score (nSPS) is 12.3. The van der Waals surface area contributed by atoms with Crippen molar-refractivity contribution in [3.05, 3.63) is 86.9 Å². The summed E-state index contributed by atoms with van der Waals surface area (Å²) in [6, 6.07) is 15.4. The van der Waals surface area contributed by atoms with Gasteiger partial charge in [0.2, 0.25) is 15.9 Å². The van der Waals surface area contributed by atoms with Crippen molar-refractivity contribution >= 4 is 50.7 Å². The van der Waals surface area contributed by atoms with Crippen LogP contribution in [-0.4, -0.2) is 39.4 Å². The predicted molar refractivity (Wildman–Crippen MR) is 142 cm³/mol. The number of nitrogens with one attached hydrogen (secondary N) is 1. The lowest BCUT2D eigenvalue weighted by Crippen LogP contribution is -2.41. The van der Waals surface area contributed by atoms with Crippen molar-refractivity contribution in [2.75, 3.05) is 20.8 Å². The zero-order chi connectivity index (χ0) is 26.5. The van der Waals surface area contributed by atoms with E-state index in [0.29, 0.717) is 27.1 Å². The number of benzene rings is 3. The summed E-state index contributed by atoms with van der Waals surface area (Å²) in [6.45, 7) is 1.26. The van der Waals surface area contributed by atoms with E-state index in [9.17, 15) is 13.2 Å². The fraction of sp³-hybridized carbons (Fsp3) is 0.240. The molecule has 0 fully saturated rings. The Morgan fingerprint density at radius 1 is 0.917 bits per heavy atom. The van der Waals surface area contributed by atoms with Crippen LogP contribution in [0.4, 0.5) is 0 Å². The number of nitrogens with zero attached hydrogens (tertiary/aromatic N) is 1. The molecule has 1 N–H and O–H groups in total. The summed E-state index contributed by atoms with van der Waals surface area (Å²) in [5, 5.41) is 3.86. The Kier molecular flexibility index (Phi) is 9.49. The molecule has 192 valence electrons. The van der Waals surface area contributed by atoms with Crippen LogP contribution >= 0.6 is 34.8 Å². The summed E-state index contributed by atoms with van der Waals surface area (Å²) < 4.78 is 38.6. The van der Waals surface area contributed by atoms with Gasteiger partial charge in [0.1, 0.15) is 0 Å². The summed E-state index contributed by atoms with van der Waals surface area (Å²) in [5.41, 5.74) is 1.33. The Labute approximate surface area is 225 Å². The highest BCUT2D eigenvalue weighted by atomic mass is 35.5. The quantitative estimate of drug-likeness (QED) is 0.336. The highest BCUT2D eigenvalue weighted by molar-refractivity contribution is 7.89. The van der Waals surface area contributed by atoms with E-state index in [-0.39, 0.29) is 16.5 Å². The molecule has 0 aliphatic carbocycles. The number of ether oxygens (including phenoxy) is 2. The zero-order valence-corrected chi connectivity index (χ0v) is 22.9. The zero-order valence-electron chi connectivity index (χ0n) is 19.8. The van der Waals surface area contributed by atoms with Gasteiger partial charge in [0.15, 0.2) is 11.5 Å². The number of hydrogen-bond acceptors (Lipinski definition) is 5. The van der Waals surface area contributed by atoms with Gasteiger partial charge in [0.25, 0.3) is 0 Å². The summed E-state index contributed by atoms with van der Waals surface area (Å²) in [6.07, 6.45) is 0. The molecular weight excluding hydrogens is 547 g/mol. The molecule has 7 nitrogen and oxygen atoms in total. The fourth-order valence-corrected chi connectivity index (χ4v) is 5.31. The molecule has 3 rings (SSSR count). The molecule has 0 radical (unpaired) electrons. The lowest BCUT2D eigenvalue weighted by atomic mass is 10.1. The van der Waals surface area contributed by atoms with Crippen LogP contribution in [0.3, 0.4) is 0 Å². The molecule has 36 heavy (non-hydrogen) atoms. The van der Waals surface area contributed by atoms with Crippen molar-refractivity contribution in [1.29, 1.82) is 0 Å². The third-order valence-electron chi connectivity index (χ3n) is 5.40. The Morgan fingerprint density at radius 3 is 2.19 bits per heavy atom. The number of carbonyl (C=O) groups is 1. The van der Waals surface area contributed by atoms with Gasteiger partial charge in [-0.2, -0.15) is 4.31 Å². The predicted octanol–water partition coefficient (Wildman–Crippen LogP) is 5.73. The minimum Gasteiger partial charge on any atom is -0.493 e. The number of amides is 1. The van der Waals surface area contributed by atoms with Crippen LogP contribution in [0.1, 0.15) is 24.1 Å². The lowest BCUT2D eigenvalue weighted by molar-refractivity contribution is -0.122. The number of rotatable bonds is 10. The molecule has 0 saturated heterocycles. The first-order valence-corrected chi connectivity index (χ1v) is 13.3. The molecule has 0 unspecified atom stereocenters. The molecule has 0 saturated carbocycles. The van der Waals surface area contributed by atoms with Gasteiger partial charge in [-0.1, -0.05) is 46.9 Å². The third kappa shape index (κ3) is 6.83. The Bertz CT molecular complexity index is 1330. The van der Waals surface area contributed by atoms with Crippen molar-refractivity contribution in [3.63, 3.8) is 0 Å². The molecule has 3 aromatic carbocycles. The fourth-order valence-electron chi connectivity index (χ4n) is 3.48. The van der Waals surface area contributed by atoms with Crippen LogP contribution in [0.5, 0.6) is 11.5 Å². The minimum absolute atomic E-state index is 0.00713. The largest absolute Gasteiger partial charge is 0.493 e. The number of hydrogen-bond donors (Lipinski definition) is 1. The van der Waals surface area contributed by atoms with Gasteiger partial charge in [-0.25, -0.2) is 8.42 Å². The van der Waals surface area contributed by atoms with Crippen LogP contribution < -0.4 is 14.8 Å². The summed E-state index contributed by atoms with van der Waals surface area (Å²) in [5.74, 6) is 0.583. The molecule has 0 heterocycles. The Morgan fingerprint density at radius 2 is 1.58 bits per heavy atom. The van der Waals surface area contributed by atoms with Crippen molar-refractivity contribution in [1.82, 2.24) is 9.62 Å². The minimum atomic E-state index is -4.05. The Hall–Kier alpha value is -2.49. The van der Waals surface area contributed by atoms with Gasteiger partial charge in [-0.15, -0.1) is 0 Å². The molecule has 0 aliphatic heterocycles. The number of carbonyl (C=O) groups excluding carboxylic acids is 1. The topological polar surface area (TPSA) is 84.9 Å². The van der Waals surface area contributed by atoms with E-state index in [2.05, 4.69) is 5.32 Å².